The number of pyridine rings is 1. The fraction of sp³-hybridized carbons (Fsp3) is 0.400. The molecule has 1 heterocycles. The van der Waals surface area contributed by atoms with Crippen LogP contribution in [0, 0.1) is 5.92 Å². The van der Waals surface area contributed by atoms with Gasteiger partial charge in [-0.1, -0.05) is 19.1 Å². The van der Waals surface area contributed by atoms with E-state index < -0.39 is 5.97 Å². The van der Waals surface area contributed by atoms with Crippen LogP contribution in [0.1, 0.15) is 25.3 Å². The largest absolute Gasteiger partial charge is 0.493 e. The van der Waals surface area contributed by atoms with Gasteiger partial charge in [0.15, 0.2) is 11.5 Å². The highest BCUT2D eigenvalue weighted by Crippen LogP contribution is 2.29. The molecule has 0 aliphatic rings. The van der Waals surface area contributed by atoms with Gasteiger partial charge >= 0.3 is 5.97 Å². The van der Waals surface area contributed by atoms with Crippen LogP contribution < -0.4 is 14.8 Å². The maximum Gasteiger partial charge on any atom is 0.303 e. The Labute approximate surface area is 154 Å². The highest BCUT2D eigenvalue weighted by atomic mass is 16.5. The van der Waals surface area contributed by atoms with E-state index in [0.717, 1.165) is 24.3 Å². The lowest BCUT2D eigenvalue weighted by Gasteiger charge is -2.14. The fourth-order valence-electron chi connectivity index (χ4n) is 2.67. The number of hydrogen-bond donors (Lipinski definition) is 2. The van der Waals surface area contributed by atoms with Gasteiger partial charge in [-0.05, 0) is 48.6 Å². The SMILES string of the molecule is COc1cc(CC(C)CC(=O)O)ccc1OCCCNc1ccccn1. The molecular weight excluding hydrogens is 332 g/mol. The Kier molecular flexibility index (Phi) is 7.74. The zero-order valence-corrected chi connectivity index (χ0v) is 15.3. The zero-order valence-electron chi connectivity index (χ0n) is 15.3. The summed E-state index contributed by atoms with van der Waals surface area (Å²) in [6, 6.07) is 11.5. The van der Waals surface area contributed by atoms with Crippen molar-refractivity contribution in [3.63, 3.8) is 0 Å². The van der Waals surface area contributed by atoms with E-state index in [9.17, 15) is 4.79 Å². The molecule has 0 bridgehead atoms. The molecule has 0 aliphatic carbocycles. The Hall–Kier alpha value is -2.76. The van der Waals surface area contributed by atoms with Crippen molar-refractivity contribution >= 4 is 11.8 Å². The number of carboxylic acids is 1. The number of methoxy groups -OCH3 is 1. The average molecular weight is 358 g/mol. The Bertz CT molecular complexity index is 691. The molecular formula is C20H26N2O4. The normalized spacial score (nSPS) is 11.6. The third-order valence-corrected chi connectivity index (χ3v) is 3.88. The summed E-state index contributed by atoms with van der Waals surface area (Å²) in [6.07, 6.45) is 3.43. The van der Waals surface area contributed by atoms with Crippen LogP contribution in [0.5, 0.6) is 11.5 Å². The second kappa shape index (κ2) is 10.3. The lowest BCUT2D eigenvalue weighted by atomic mass is 9.98. The molecule has 1 aromatic heterocycles. The molecule has 0 spiro atoms. The zero-order chi connectivity index (χ0) is 18.8. The van der Waals surface area contributed by atoms with Gasteiger partial charge in [0.25, 0.3) is 0 Å². The molecule has 2 aromatic rings. The molecule has 2 rings (SSSR count). The van der Waals surface area contributed by atoms with Crippen LogP contribution in [0.15, 0.2) is 42.6 Å². The third-order valence-electron chi connectivity index (χ3n) is 3.88. The molecule has 1 aromatic carbocycles. The maximum absolute atomic E-state index is 10.8. The Morgan fingerprint density at radius 1 is 1.27 bits per heavy atom. The first-order valence-electron chi connectivity index (χ1n) is 8.75. The fourth-order valence-corrected chi connectivity index (χ4v) is 2.67. The minimum atomic E-state index is -0.774. The number of aliphatic carboxylic acids is 1. The molecule has 0 aliphatic heterocycles. The predicted octanol–water partition coefficient (Wildman–Crippen LogP) is 3.62. The lowest BCUT2D eigenvalue weighted by molar-refractivity contribution is -0.137. The number of carbonyl (C=O) groups is 1. The molecule has 1 unspecified atom stereocenters. The molecule has 0 radical (unpaired) electrons. The van der Waals surface area contributed by atoms with Gasteiger partial charge < -0.3 is 19.9 Å². The number of carboxylic acid groups (broad SMARTS) is 1. The Balaban J connectivity index is 1.80. The molecule has 0 saturated carbocycles. The number of aromatic nitrogens is 1. The number of benzene rings is 1. The van der Waals surface area contributed by atoms with Crippen molar-refractivity contribution in [2.75, 3.05) is 25.6 Å². The lowest BCUT2D eigenvalue weighted by Crippen LogP contribution is -2.09. The van der Waals surface area contributed by atoms with Gasteiger partial charge in [-0.2, -0.15) is 0 Å². The van der Waals surface area contributed by atoms with E-state index in [0.29, 0.717) is 24.5 Å². The smallest absolute Gasteiger partial charge is 0.303 e. The van der Waals surface area contributed by atoms with Gasteiger partial charge in [0.1, 0.15) is 5.82 Å². The van der Waals surface area contributed by atoms with Gasteiger partial charge in [-0.25, -0.2) is 4.98 Å². The van der Waals surface area contributed by atoms with E-state index in [4.69, 9.17) is 14.6 Å². The van der Waals surface area contributed by atoms with Crippen LogP contribution in [0.4, 0.5) is 5.82 Å². The summed E-state index contributed by atoms with van der Waals surface area (Å²) >= 11 is 0. The Morgan fingerprint density at radius 3 is 2.81 bits per heavy atom. The van der Waals surface area contributed by atoms with Gasteiger partial charge in [-0.3, -0.25) is 4.79 Å². The first-order chi connectivity index (χ1) is 12.6. The van der Waals surface area contributed by atoms with Gasteiger partial charge in [0.05, 0.1) is 13.7 Å². The summed E-state index contributed by atoms with van der Waals surface area (Å²) in [5.41, 5.74) is 1.04. The number of anilines is 1. The molecule has 140 valence electrons. The van der Waals surface area contributed by atoms with E-state index in [2.05, 4.69) is 10.3 Å². The van der Waals surface area contributed by atoms with Crippen molar-refractivity contribution in [3.8, 4) is 11.5 Å². The Morgan fingerprint density at radius 2 is 2.12 bits per heavy atom. The summed E-state index contributed by atoms with van der Waals surface area (Å²) in [7, 11) is 1.61. The van der Waals surface area contributed by atoms with Crippen molar-refractivity contribution in [1.82, 2.24) is 4.98 Å². The van der Waals surface area contributed by atoms with Crippen LogP contribution >= 0.6 is 0 Å². The van der Waals surface area contributed by atoms with Crippen LogP contribution in [0.25, 0.3) is 0 Å². The maximum atomic E-state index is 10.8. The molecule has 0 fully saturated rings. The van der Waals surface area contributed by atoms with E-state index in [1.54, 1.807) is 13.3 Å². The van der Waals surface area contributed by atoms with E-state index >= 15 is 0 Å². The summed E-state index contributed by atoms with van der Waals surface area (Å²) in [5, 5.41) is 12.1. The monoisotopic (exact) mass is 358 g/mol. The molecule has 0 amide bonds. The van der Waals surface area contributed by atoms with Crippen molar-refractivity contribution in [2.24, 2.45) is 5.92 Å². The third kappa shape index (κ3) is 6.63. The first kappa shape index (κ1) is 19.6. The van der Waals surface area contributed by atoms with Gasteiger partial charge in [0.2, 0.25) is 0 Å². The van der Waals surface area contributed by atoms with Crippen molar-refractivity contribution in [2.45, 2.75) is 26.2 Å². The highest BCUT2D eigenvalue weighted by Gasteiger charge is 2.11. The van der Waals surface area contributed by atoms with Crippen molar-refractivity contribution in [1.29, 1.82) is 0 Å². The van der Waals surface area contributed by atoms with E-state index in [1.165, 1.54) is 0 Å². The van der Waals surface area contributed by atoms with Gasteiger partial charge in [0, 0.05) is 19.2 Å². The minimum absolute atomic E-state index is 0.0710. The van der Waals surface area contributed by atoms with Gasteiger partial charge in [-0.15, -0.1) is 0 Å². The second-order valence-corrected chi connectivity index (χ2v) is 6.24. The molecule has 1 atom stereocenters. The number of nitrogens with one attached hydrogen (secondary N) is 1. The standard InChI is InChI=1S/C20H26N2O4/c1-15(13-20(23)24)12-16-7-8-17(18(14-16)25-2)26-11-5-10-22-19-6-3-4-9-21-19/h3-4,6-9,14-15H,5,10-13H2,1-2H3,(H,21,22)(H,23,24). The van der Waals surface area contributed by atoms with Crippen LogP contribution in [-0.2, 0) is 11.2 Å². The summed E-state index contributed by atoms with van der Waals surface area (Å²) < 4.78 is 11.2. The molecule has 0 saturated heterocycles. The topological polar surface area (TPSA) is 80.7 Å². The van der Waals surface area contributed by atoms with Crippen molar-refractivity contribution < 1.29 is 19.4 Å². The minimum Gasteiger partial charge on any atom is -0.493 e. The number of hydrogen-bond acceptors (Lipinski definition) is 5. The average Bonchev–Trinajstić information content (AvgIpc) is 2.62. The van der Waals surface area contributed by atoms with E-state index in [-0.39, 0.29) is 12.3 Å². The second-order valence-electron chi connectivity index (χ2n) is 6.24. The number of ether oxygens (including phenoxy) is 2. The number of nitrogens with zero attached hydrogens (tertiary/aromatic N) is 1. The summed E-state index contributed by atoms with van der Waals surface area (Å²) in [5.74, 6) is 1.51. The molecule has 26 heavy (non-hydrogen) atoms. The predicted molar refractivity (Wildman–Crippen MR) is 101 cm³/mol. The first-order valence-corrected chi connectivity index (χ1v) is 8.75. The molecule has 6 heteroatoms. The summed E-state index contributed by atoms with van der Waals surface area (Å²) in [4.78, 5) is 15.0. The summed E-state index contributed by atoms with van der Waals surface area (Å²) in [6.45, 7) is 3.26. The van der Waals surface area contributed by atoms with E-state index in [1.807, 2.05) is 43.3 Å². The van der Waals surface area contributed by atoms with Crippen LogP contribution in [0.2, 0.25) is 0 Å². The van der Waals surface area contributed by atoms with Crippen molar-refractivity contribution in [3.05, 3.63) is 48.2 Å². The highest BCUT2D eigenvalue weighted by molar-refractivity contribution is 5.67. The number of rotatable bonds is 11. The molecule has 6 nitrogen and oxygen atoms in total. The molecule has 2 N–H and O–H groups in total. The quantitative estimate of drug-likeness (QED) is 0.597. The van der Waals surface area contributed by atoms with Crippen LogP contribution in [-0.4, -0.2) is 36.3 Å². The van der Waals surface area contributed by atoms with Crippen LogP contribution in [0.3, 0.4) is 0 Å².